The molecule has 2 heterocycles. The Kier molecular flexibility index (Phi) is 4.28. The number of nitrogen functional groups attached to an aromatic ring is 1. The van der Waals surface area contributed by atoms with E-state index in [2.05, 4.69) is 26.0 Å². The Morgan fingerprint density at radius 1 is 1.58 bits per heavy atom. The molecule has 0 fully saturated rings. The zero-order valence-electron chi connectivity index (χ0n) is 10.3. The maximum Gasteiger partial charge on any atom is 0.232 e. The molecular weight excluding hydrogens is 312 g/mol. The van der Waals surface area contributed by atoms with Crippen LogP contribution in [-0.4, -0.2) is 34.3 Å². The summed E-state index contributed by atoms with van der Waals surface area (Å²) in [4.78, 5) is 16.5. The number of anilines is 1. The van der Waals surface area contributed by atoms with Crippen LogP contribution in [0.15, 0.2) is 29.0 Å². The van der Waals surface area contributed by atoms with Crippen molar-refractivity contribution in [1.82, 2.24) is 14.8 Å². The smallest absolute Gasteiger partial charge is 0.232 e. The van der Waals surface area contributed by atoms with E-state index in [-0.39, 0.29) is 11.5 Å². The molecule has 7 heteroatoms. The van der Waals surface area contributed by atoms with Gasteiger partial charge in [-0.05, 0) is 28.1 Å². The van der Waals surface area contributed by atoms with Crippen LogP contribution in [0.5, 0.6) is 0 Å². The number of pyridine rings is 1. The molecule has 0 aromatic carbocycles. The monoisotopic (exact) mass is 324 g/mol. The minimum Gasteiger partial charge on any atom is -0.397 e. The molecule has 0 aliphatic rings. The minimum atomic E-state index is -0.265. The topological polar surface area (TPSA) is 83.0 Å². The highest BCUT2D eigenvalue weighted by Crippen LogP contribution is 2.21. The van der Waals surface area contributed by atoms with E-state index in [0.29, 0.717) is 29.0 Å². The molecule has 0 aliphatic heterocycles. The van der Waals surface area contributed by atoms with Crippen LogP contribution in [0.25, 0.3) is 0 Å². The highest BCUT2D eigenvalue weighted by atomic mass is 79.9. The average Bonchev–Trinajstić information content (AvgIpc) is 2.77. The lowest BCUT2D eigenvalue weighted by Crippen LogP contribution is -2.16. The Morgan fingerprint density at radius 2 is 2.37 bits per heavy atom. The molecule has 2 N–H and O–H groups in total. The molecule has 2 aromatic rings. The van der Waals surface area contributed by atoms with Crippen molar-refractivity contribution in [2.24, 2.45) is 0 Å². The fourth-order valence-electron chi connectivity index (χ4n) is 1.66. The van der Waals surface area contributed by atoms with Gasteiger partial charge < -0.3 is 10.5 Å². The van der Waals surface area contributed by atoms with E-state index in [4.69, 9.17) is 10.5 Å². The fourth-order valence-corrected chi connectivity index (χ4v) is 2.13. The molecule has 19 heavy (non-hydrogen) atoms. The Bertz CT molecular complexity index is 597. The van der Waals surface area contributed by atoms with E-state index in [9.17, 15) is 4.79 Å². The van der Waals surface area contributed by atoms with Gasteiger partial charge in [0.05, 0.1) is 29.5 Å². The highest BCUT2D eigenvalue weighted by Gasteiger charge is 2.21. The van der Waals surface area contributed by atoms with Gasteiger partial charge in [-0.1, -0.05) is 0 Å². The first-order chi connectivity index (χ1) is 9.15. The molecule has 6 nitrogen and oxygen atoms in total. The first kappa shape index (κ1) is 13.7. The van der Waals surface area contributed by atoms with Crippen LogP contribution in [0.1, 0.15) is 16.2 Å². The molecular formula is C12H13BrN4O2. The Balaban J connectivity index is 2.39. The minimum absolute atomic E-state index is 0.224. The predicted molar refractivity (Wildman–Crippen MR) is 73.9 cm³/mol. The van der Waals surface area contributed by atoms with Crippen molar-refractivity contribution < 1.29 is 9.53 Å². The second kappa shape index (κ2) is 5.94. The summed E-state index contributed by atoms with van der Waals surface area (Å²) in [5.41, 5.74) is 6.76. The first-order valence-electron chi connectivity index (χ1n) is 5.60. The number of carbonyl (C=O) groups is 1. The zero-order valence-corrected chi connectivity index (χ0v) is 11.9. The summed E-state index contributed by atoms with van der Waals surface area (Å²) in [7, 11) is 1.59. The SMILES string of the molecule is COCCn1ncc(Br)c1C(=O)c1ncccc1N. The van der Waals surface area contributed by atoms with Crippen molar-refractivity contribution in [3.05, 3.63) is 40.4 Å². The molecule has 0 bridgehead atoms. The number of ketones is 1. The summed E-state index contributed by atoms with van der Waals surface area (Å²) >= 11 is 3.32. The van der Waals surface area contributed by atoms with Crippen molar-refractivity contribution in [3.63, 3.8) is 0 Å². The molecule has 0 radical (unpaired) electrons. The molecule has 0 spiro atoms. The third kappa shape index (κ3) is 2.82. The second-order valence-electron chi connectivity index (χ2n) is 3.83. The number of rotatable bonds is 5. The zero-order chi connectivity index (χ0) is 13.8. The van der Waals surface area contributed by atoms with Crippen molar-refractivity contribution in [3.8, 4) is 0 Å². The predicted octanol–water partition coefficient (Wildman–Crippen LogP) is 1.50. The second-order valence-corrected chi connectivity index (χ2v) is 4.68. The van der Waals surface area contributed by atoms with Crippen molar-refractivity contribution in [2.45, 2.75) is 6.54 Å². The van der Waals surface area contributed by atoms with Crippen LogP contribution in [0, 0.1) is 0 Å². The van der Waals surface area contributed by atoms with Gasteiger partial charge in [-0.15, -0.1) is 0 Å². The standard InChI is InChI=1S/C12H13BrN4O2/c1-19-6-5-17-11(8(13)7-16-17)12(18)10-9(14)3-2-4-15-10/h2-4,7H,5-6,14H2,1H3. The molecule has 0 saturated carbocycles. The molecule has 0 unspecified atom stereocenters. The normalized spacial score (nSPS) is 10.6. The van der Waals surface area contributed by atoms with Crippen LogP contribution < -0.4 is 5.73 Å². The number of ether oxygens (including phenoxy) is 1. The number of aromatic nitrogens is 3. The van der Waals surface area contributed by atoms with Crippen LogP contribution >= 0.6 is 15.9 Å². The quantitative estimate of drug-likeness (QED) is 0.843. The molecule has 0 atom stereocenters. The Morgan fingerprint density at radius 3 is 3.05 bits per heavy atom. The molecule has 0 aliphatic carbocycles. The molecule has 0 saturated heterocycles. The van der Waals surface area contributed by atoms with E-state index in [1.165, 1.54) is 6.20 Å². The average molecular weight is 325 g/mol. The summed E-state index contributed by atoms with van der Waals surface area (Å²) in [6.45, 7) is 0.946. The summed E-state index contributed by atoms with van der Waals surface area (Å²) in [6.07, 6.45) is 3.11. The van der Waals surface area contributed by atoms with Crippen molar-refractivity contribution in [1.29, 1.82) is 0 Å². The Hall–Kier alpha value is -1.73. The number of nitrogens with two attached hydrogens (primary N) is 1. The number of halogens is 1. The van der Waals surface area contributed by atoms with Crippen LogP contribution in [0.3, 0.4) is 0 Å². The molecule has 2 aromatic heterocycles. The lowest BCUT2D eigenvalue weighted by molar-refractivity contribution is 0.102. The Labute approximate surface area is 118 Å². The van der Waals surface area contributed by atoms with Crippen LogP contribution in [0.4, 0.5) is 5.69 Å². The number of nitrogens with zero attached hydrogens (tertiary/aromatic N) is 3. The van der Waals surface area contributed by atoms with Gasteiger partial charge in [0, 0.05) is 13.3 Å². The van der Waals surface area contributed by atoms with Gasteiger partial charge in [0.25, 0.3) is 0 Å². The molecule has 2 rings (SSSR count). The van der Waals surface area contributed by atoms with Gasteiger partial charge >= 0.3 is 0 Å². The van der Waals surface area contributed by atoms with E-state index in [1.54, 1.807) is 30.1 Å². The lowest BCUT2D eigenvalue weighted by atomic mass is 10.1. The van der Waals surface area contributed by atoms with E-state index in [1.807, 2.05) is 0 Å². The largest absolute Gasteiger partial charge is 0.397 e. The maximum atomic E-state index is 12.5. The number of methoxy groups -OCH3 is 1. The third-order valence-corrected chi connectivity index (χ3v) is 3.15. The van der Waals surface area contributed by atoms with Gasteiger partial charge in [0.1, 0.15) is 11.4 Å². The number of carbonyl (C=O) groups excluding carboxylic acids is 1. The van der Waals surface area contributed by atoms with Crippen LogP contribution in [0.2, 0.25) is 0 Å². The maximum absolute atomic E-state index is 12.5. The molecule has 0 amide bonds. The van der Waals surface area contributed by atoms with E-state index in [0.717, 1.165) is 0 Å². The molecule has 100 valence electrons. The van der Waals surface area contributed by atoms with Gasteiger partial charge in [0.2, 0.25) is 5.78 Å². The summed E-state index contributed by atoms with van der Waals surface area (Å²) in [6, 6.07) is 3.33. The van der Waals surface area contributed by atoms with Gasteiger partial charge in [-0.2, -0.15) is 5.10 Å². The van der Waals surface area contributed by atoms with Gasteiger partial charge in [-0.25, -0.2) is 0 Å². The van der Waals surface area contributed by atoms with Gasteiger partial charge in [0.15, 0.2) is 0 Å². The van der Waals surface area contributed by atoms with Crippen molar-refractivity contribution in [2.75, 3.05) is 19.5 Å². The van der Waals surface area contributed by atoms with E-state index >= 15 is 0 Å². The fraction of sp³-hybridized carbons (Fsp3) is 0.250. The summed E-state index contributed by atoms with van der Waals surface area (Å²) in [5.74, 6) is -0.265. The third-order valence-electron chi connectivity index (χ3n) is 2.57. The highest BCUT2D eigenvalue weighted by molar-refractivity contribution is 9.10. The first-order valence-corrected chi connectivity index (χ1v) is 6.40. The van der Waals surface area contributed by atoms with Crippen molar-refractivity contribution >= 4 is 27.4 Å². The lowest BCUT2D eigenvalue weighted by Gasteiger charge is -2.07. The van der Waals surface area contributed by atoms with Crippen LogP contribution in [-0.2, 0) is 11.3 Å². The van der Waals surface area contributed by atoms with Gasteiger partial charge in [-0.3, -0.25) is 14.5 Å². The summed E-state index contributed by atoms with van der Waals surface area (Å²) < 4.78 is 7.17. The number of hydrogen-bond donors (Lipinski definition) is 1. The number of hydrogen-bond acceptors (Lipinski definition) is 5. The van der Waals surface area contributed by atoms with E-state index < -0.39 is 0 Å². The summed E-state index contributed by atoms with van der Waals surface area (Å²) in [5, 5.41) is 4.13.